The molecule has 0 saturated heterocycles. The Labute approximate surface area is 92.9 Å². The summed E-state index contributed by atoms with van der Waals surface area (Å²) in [6, 6.07) is 10.9. The molecular formula is C14H16N. The topological polar surface area (TPSA) is 12.0 Å². The summed E-state index contributed by atoms with van der Waals surface area (Å²) < 4.78 is 0. The van der Waals surface area contributed by atoms with Gasteiger partial charge in [0.05, 0.1) is 0 Å². The highest BCUT2D eigenvalue weighted by molar-refractivity contribution is 5.38. The predicted molar refractivity (Wildman–Crippen MR) is 63.2 cm³/mol. The largest absolute Gasteiger partial charge is 0.310 e. The minimum absolute atomic E-state index is 0.417. The van der Waals surface area contributed by atoms with Crippen LogP contribution in [-0.4, -0.2) is 6.04 Å². The predicted octanol–water partition coefficient (Wildman–Crippen LogP) is 2.57. The lowest BCUT2D eigenvalue weighted by Crippen LogP contribution is -2.30. The molecule has 1 aromatic rings. The standard InChI is InChI=1S/C14H16N/c1-12(14-9-5-6-10-14)15-11-13-7-3-2-4-8-13/h2-10,12,15H,11H2,1H3/t12-/m1/s1. The summed E-state index contributed by atoms with van der Waals surface area (Å²) >= 11 is 0. The molecule has 0 bridgehead atoms. The molecule has 1 fully saturated rings. The second-order valence-electron chi connectivity index (χ2n) is 3.81. The normalized spacial score (nSPS) is 19.3. The van der Waals surface area contributed by atoms with Crippen LogP contribution in [0.4, 0.5) is 0 Å². The van der Waals surface area contributed by atoms with Gasteiger partial charge in [0.1, 0.15) is 0 Å². The Morgan fingerprint density at radius 2 is 1.73 bits per heavy atom. The van der Waals surface area contributed by atoms with Gasteiger partial charge in [0.2, 0.25) is 0 Å². The molecule has 1 N–H and O–H groups in total. The molecule has 0 unspecified atom stereocenters. The summed E-state index contributed by atoms with van der Waals surface area (Å²) in [5.41, 5.74) is 1.33. The van der Waals surface area contributed by atoms with Gasteiger partial charge in [-0.25, -0.2) is 0 Å². The third kappa shape index (κ3) is 3.07. The molecule has 0 aliphatic heterocycles. The number of benzene rings is 1. The molecule has 1 aliphatic rings. The van der Waals surface area contributed by atoms with E-state index in [2.05, 4.69) is 62.2 Å². The molecule has 1 saturated carbocycles. The second kappa shape index (κ2) is 5.32. The van der Waals surface area contributed by atoms with Crippen LogP contribution in [0.3, 0.4) is 0 Å². The molecule has 1 aliphatic carbocycles. The van der Waals surface area contributed by atoms with Crippen LogP contribution in [0.1, 0.15) is 12.5 Å². The van der Waals surface area contributed by atoms with Gasteiger partial charge in [-0.1, -0.05) is 30.3 Å². The van der Waals surface area contributed by atoms with Crippen molar-refractivity contribution in [1.29, 1.82) is 0 Å². The van der Waals surface area contributed by atoms with E-state index in [1.807, 2.05) is 6.07 Å². The molecule has 2 rings (SSSR count). The zero-order valence-electron chi connectivity index (χ0n) is 8.98. The highest BCUT2D eigenvalue weighted by Gasteiger charge is 2.22. The molecule has 0 spiro atoms. The van der Waals surface area contributed by atoms with Gasteiger partial charge in [0.25, 0.3) is 0 Å². The van der Waals surface area contributed by atoms with Crippen LogP contribution >= 0.6 is 0 Å². The van der Waals surface area contributed by atoms with Crippen molar-refractivity contribution in [3.63, 3.8) is 0 Å². The third-order valence-corrected chi connectivity index (χ3v) is 2.64. The van der Waals surface area contributed by atoms with Crippen molar-refractivity contribution in [2.45, 2.75) is 19.5 Å². The van der Waals surface area contributed by atoms with E-state index < -0.39 is 0 Å². The Morgan fingerprint density at radius 1 is 1.07 bits per heavy atom. The van der Waals surface area contributed by atoms with Crippen LogP contribution in [0.2, 0.25) is 0 Å². The van der Waals surface area contributed by atoms with E-state index in [0.717, 1.165) is 6.54 Å². The van der Waals surface area contributed by atoms with Crippen molar-refractivity contribution >= 4 is 0 Å². The molecule has 1 atom stereocenters. The fourth-order valence-electron chi connectivity index (χ4n) is 1.66. The van der Waals surface area contributed by atoms with Crippen LogP contribution in [0.15, 0.2) is 30.3 Å². The van der Waals surface area contributed by atoms with Gasteiger partial charge in [-0.2, -0.15) is 0 Å². The highest BCUT2D eigenvalue weighted by atomic mass is 14.9. The maximum absolute atomic E-state index is 3.50. The van der Waals surface area contributed by atoms with Gasteiger partial charge in [-0.3, -0.25) is 0 Å². The first-order valence-corrected chi connectivity index (χ1v) is 5.35. The van der Waals surface area contributed by atoms with Gasteiger partial charge in [0, 0.05) is 12.6 Å². The first-order valence-electron chi connectivity index (χ1n) is 5.35. The van der Waals surface area contributed by atoms with Crippen molar-refractivity contribution in [3.05, 3.63) is 67.5 Å². The molecule has 0 aromatic heterocycles. The molecule has 1 heteroatoms. The van der Waals surface area contributed by atoms with E-state index in [-0.39, 0.29) is 0 Å². The van der Waals surface area contributed by atoms with Crippen molar-refractivity contribution < 1.29 is 0 Å². The van der Waals surface area contributed by atoms with Crippen molar-refractivity contribution in [3.8, 4) is 0 Å². The molecule has 77 valence electrons. The van der Waals surface area contributed by atoms with Crippen LogP contribution in [-0.2, 0) is 6.54 Å². The van der Waals surface area contributed by atoms with E-state index in [1.54, 1.807) is 0 Å². The van der Waals surface area contributed by atoms with Crippen LogP contribution in [0, 0.1) is 31.6 Å². The lowest BCUT2D eigenvalue weighted by Gasteiger charge is -2.19. The van der Waals surface area contributed by atoms with E-state index >= 15 is 0 Å². The number of rotatable bonds is 4. The van der Waals surface area contributed by atoms with Crippen molar-refractivity contribution in [2.75, 3.05) is 0 Å². The smallest absolute Gasteiger partial charge is 0.0208 e. The van der Waals surface area contributed by atoms with E-state index in [9.17, 15) is 0 Å². The zero-order valence-corrected chi connectivity index (χ0v) is 8.98. The summed E-state index contributed by atoms with van der Waals surface area (Å²) in [6.45, 7) is 3.12. The molecular weight excluding hydrogens is 182 g/mol. The summed E-state index contributed by atoms with van der Waals surface area (Å²) in [5.74, 6) is 1.35. The Bertz CT molecular complexity index is 275. The fraction of sp³-hybridized carbons (Fsp3) is 0.214. The van der Waals surface area contributed by atoms with Crippen LogP contribution in [0.5, 0.6) is 0 Å². The van der Waals surface area contributed by atoms with Gasteiger partial charge in [-0.05, 0) is 44.1 Å². The minimum atomic E-state index is 0.417. The highest BCUT2D eigenvalue weighted by Crippen LogP contribution is 2.26. The Balaban J connectivity index is 1.77. The summed E-state index contributed by atoms with van der Waals surface area (Å²) in [4.78, 5) is 0. The monoisotopic (exact) mass is 198 g/mol. The lowest BCUT2D eigenvalue weighted by atomic mass is 9.99. The van der Waals surface area contributed by atoms with Crippen molar-refractivity contribution in [1.82, 2.24) is 5.32 Å². The maximum atomic E-state index is 3.50. The fourth-order valence-corrected chi connectivity index (χ4v) is 1.66. The molecule has 15 heavy (non-hydrogen) atoms. The van der Waals surface area contributed by atoms with Crippen molar-refractivity contribution in [2.24, 2.45) is 0 Å². The number of hydrogen-bond donors (Lipinski definition) is 1. The minimum Gasteiger partial charge on any atom is -0.310 e. The van der Waals surface area contributed by atoms with Gasteiger partial charge < -0.3 is 5.32 Å². The molecule has 5 radical (unpaired) electrons. The van der Waals surface area contributed by atoms with Gasteiger partial charge >= 0.3 is 0 Å². The average molecular weight is 198 g/mol. The SMILES string of the molecule is C[C@@H](NCc1ccccc1)[C]1[CH][CH][CH][CH]1. The van der Waals surface area contributed by atoms with E-state index in [1.165, 1.54) is 11.5 Å². The van der Waals surface area contributed by atoms with Crippen LogP contribution < -0.4 is 5.32 Å². The molecule has 1 nitrogen and oxygen atoms in total. The van der Waals surface area contributed by atoms with Gasteiger partial charge in [0.15, 0.2) is 0 Å². The molecule has 1 aromatic carbocycles. The number of hydrogen-bond acceptors (Lipinski definition) is 1. The third-order valence-electron chi connectivity index (χ3n) is 2.64. The van der Waals surface area contributed by atoms with E-state index in [4.69, 9.17) is 0 Å². The molecule has 0 amide bonds. The first-order chi connectivity index (χ1) is 7.36. The Kier molecular flexibility index (Phi) is 3.79. The quantitative estimate of drug-likeness (QED) is 0.784. The van der Waals surface area contributed by atoms with Gasteiger partial charge in [-0.15, -0.1) is 0 Å². The van der Waals surface area contributed by atoms with E-state index in [0.29, 0.717) is 6.04 Å². The second-order valence-corrected chi connectivity index (χ2v) is 3.81. The Morgan fingerprint density at radius 3 is 2.40 bits per heavy atom. The Hall–Kier alpha value is -0.820. The van der Waals surface area contributed by atoms with Crippen LogP contribution in [0.25, 0.3) is 0 Å². The summed E-state index contributed by atoms with van der Waals surface area (Å²) in [7, 11) is 0. The number of nitrogens with one attached hydrogen (secondary N) is 1. The summed E-state index contributed by atoms with van der Waals surface area (Å²) in [5, 5.41) is 3.50. The lowest BCUT2D eigenvalue weighted by molar-refractivity contribution is 0.581. The zero-order chi connectivity index (χ0) is 10.5. The molecule has 0 heterocycles. The average Bonchev–Trinajstić information content (AvgIpc) is 2.81. The maximum Gasteiger partial charge on any atom is 0.0208 e. The first kappa shape index (κ1) is 10.7. The summed E-state index contributed by atoms with van der Waals surface area (Å²) in [6.07, 6.45) is 8.47.